The van der Waals surface area contributed by atoms with Gasteiger partial charge in [-0.25, -0.2) is 0 Å². The van der Waals surface area contributed by atoms with Crippen LogP contribution >= 0.6 is 0 Å². The highest BCUT2D eigenvalue weighted by Gasteiger charge is 2.08. The Balaban J connectivity index is 1.42. The Morgan fingerprint density at radius 3 is 2.71 bits per heavy atom. The van der Waals surface area contributed by atoms with E-state index in [0.29, 0.717) is 0 Å². The second-order valence-electron chi connectivity index (χ2n) is 6.55. The number of carbonyl (C=O) groups is 1. The average molecular weight is 364 g/mol. The lowest BCUT2D eigenvalue weighted by Crippen LogP contribution is -2.07. The van der Waals surface area contributed by atoms with Crippen molar-refractivity contribution >= 4 is 50.5 Å². The summed E-state index contributed by atoms with van der Waals surface area (Å²) >= 11 is 0. The predicted molar refractivity (Wildman–Crippen MR) is 113 cm³/mol. The van der Waals surface area contributed by atoms with E-state index in [1.165, 1.54) is 6.08 Å². The molecule has 4 nitrogen and oxygen atoms in total. The Labute approximate surface area is 161 Å². The van der Waals surface area contributed by atoms with Crippen LogP contribution in [0.25, 0.3) is 38.9 Å². The molecular weight excluding hydrogens is 348 g/mol. The lowest BCUT2D eigenvalue weighted by atomic mass is 10.1. The van der Waals surface area contributed by atoms with Crippen LogP contribution in [0.2, 0.25) is 0 Å². The van der Waals surface area contributed by atoms with Crippen molar-refractivity contribution in [1.82, 2.24) is 4.98 Å². The van der Waals surface area contributed by atoms with Gasteiger partial charge >= 0.3 is 0 Å². The van der Waals surface area contributed by atoms with Crippen molar-refractivity contribution in [3.05, 3.63) is 90.6 Å². The first-order chi connectivity index (χ1) is 13.8. The molecule has 0 atom stereocenters. The second kappa shape index (κ2) is 6.67. The fraction of sp³-hybridized carbons (Fsp3) is 0. The summed E-state index contributed by atoms with van der Waals surface area (Å²) in [5.41, 5.74) is 4.15. The lowest BCUT2D eigenvalue weighted by Gasteiger charge is -2.03. The molecule has 5 rings (SSSR count). The quantitative estimate of drug-likeness (QED) is 0.413. The molecule has 5 aromatic rings. The van der Waals surface area contributed by atoms with E-state index in [2.05, 4.69) is 10.3 Å². The zero-order valence-corrected chi connectivity index (χ0v) is 14.9. The van der Waals surface area contributed by atoms with Crippen LogP contribution in [0.4, 0.5) is 5.69 Å². The van der Waals surface area contributed by atoms with Gasteiger partial charge in [-0.05, 0) is 36.4 Å². The number of amides is 1. The van der Waals surface area contributed by atoms with E-state index in [4.69, 9.17) is 4.42 Å². The Morgan fingerprint density at radius 1 is 0.893 bits per heavy atom. The minimum Gasteiger partial charge on any atom is -0.456 e. The summed E-state index contributed by atoms with van der Waals surface area (Å²) in [6.07, 6.45) is 5.07. The van der Waals surface area contributed by atoms with Crippen molar-refractivity contribution in [3.8, 4) is 0 Å². The van der Waals surface area contributed by atoms with E-state index in [1.807, 2.05) is 72.8 Å². The first-order valence-electron chi connectivity index (χ1n) is 9.02. The summed E-state index contributed by atoms with van der Waals surface area (Å²) in [6.45, 7) is 0. The summed E-state index contributed by atoms with van der Waals surface area (Å²) in [7, 11) is 0. The smallest absolute Gasteiger partial charge is 0.248 e. The number of furan rings is 1. The summed E-state index contributed by atoms with van der Waals surface area (Å²) in [4.78, 5) is 16.8. The van der Waals surface area contributed by atoms with E-state index in [1.54, 1.807) is 12.3 Å². The number of hydrogen-bond donors (Lipinski definition) is 1. The molecule has 0 saturated carbocycles. The third-order valence-electron chi connectivity index (χ3n) is 4.72. The molecule has 3 aromatic carbocycles. The number of para-hydroxylation sites is 2. The van der Waals surface area contributed by atoms with Crippen molar-refractivity contribution in [2.45, 2.75) is 0 Å². The Morgan fingerprint density at radius 2 is 1.75 bits per heavy atom. The van der Waals surface area contributed by atoms with Crippen LogP contribution in [0.5, 0.6) is 0 Å². The Kier molecular flexibility index (Phi) is 3.87. The van der Waals surface area contributed by atoms with Gasteiger partial charge in [-0.2, -0.15) is 0 Å². The van der Waals surface area contributed by atoms with E-state index >= 15 is 0 Å². The molecule has 0 spiro atoms. The SMILES string of the molecule is O=C(/C=C/c1cccc2cccnc12)Nc1ccc2oc3ccccc3c2c1. The van der Waals surface area contributed by atoms with Gasteiger partial charge in [0.05, 0.1) is 5.52 Å². The van der Waals surface area contributed by atoms with Gasteiger partial charge in [0.2, 0.25) is 5.91 Å². The molecule has 0 aliphatic rings. The van der Waals surface area contributed by atoms with Crippen LogP contribution in [0.15, 0.2) is 89.5 Å². The summed E-state index contributed by atoms with van der Waals surface area (Å²) in [6, 6.07) is 23.3. The number of aromatic nitrogens is 1. The number of carbonyl (C=O) groups excluding carboxylic acids is 1. The third-order valence-corrected chi connectivity index (χ3v) is 4.72. The summed E-state index contributed by atoms with van der Waals surface area (Å²) in [5, 5.41) is 5.98. The maximum absolute atomic E-state index is 12.4. The van der Waals surface area contributed by atoms with Gasteiger partial charge in [-0.3, -0.25) is 9.78 Å². The van der Waals surface area contributed by atoms with Gasteiger partial charge in [0.25, 0.3) is 0 Å². The lowest BCUT2D eigenvalue weighted by molar-refractivity contribution is -0.111. The van der Waals surface area contributed by atoms with E-state index in [0.717, 1.165) is 44.1 Å². The molecule has 1 amide bonds. The first kappa shape index (κ1) is 16.3. The van der Waals surface area contributed by atoms with E-state index in [-0.39, 0.29) is 5.91 Å². The highest BCUT2D eigenvalue weighted by molar-refractivity contribution is 6.08. The molecule has 1 N–H and O–H groups in total. The van der Waals surface area contributed by atoms with E-state index < -0.39 is 0 Å². The summed E-state index contributed by atoms with van der Waals surface area (Å²) in [5.74, 6) is -0.194. The van der Waals surface area contributed by atoms with Crippen molar-refractivity contribution in [2.24, 2.45) is 0 Å². The first-order valence-corrected chi connectivity index (χ1v) is 9.02. The van der Waals surface area contributed by atoms with Crippen LogP contribution in [0.1, 0.15) is 5.56 Å². The Bertz CT molecular complexity index is 1360. The van der Waals surface area contributed by atoms with Crippen LogP contribution in [0.3, 0.4) is 0 Å². The highest BCUT2D eigenvalue weighted by Crippen LogP contribution is 2.30. The zero-order valence-electron chi connectivity index (χ0n) is 14.9. The molecule has 2 aromatic heterocycles. The van der Waals surface area contributed by atoms with Gasteiger partial charge < -0.3 is 9.73 Å². The number of pyridine rings is 1. The molecule has 0 saturated heterocycles. The molecule has 134 valence electrons. The monoisotopic (exact) mass is 364 g/mol. The van der Waals surface area contributed by atoms with Crippen LogP contribution in [-0.4, -0.2) is 10.9 Å². The number of anilines is 1. The second-order valence-corrected chi connectivity index (χ2v) is 6.55. The predicted octanol–water partition coefficient (Wildman–Crippen LogP) is 5.79. The van der Waals surface area contributed by atoms with Gasteiger partial charge in [0, 0.05) is 39.7 Å². The number of rotatable bonds is 3. The topological polar surface area (TPSA) is 55.1 Å². The van der Waals surface area contributed by atoms with Crippen LogP contribution in [-0.2, 0) is 4.79 Å². The molecule has 0 radical (unpaired) electrons. The van der Waals surface area contributed by atoms with Crippen molar-refractivity contribution in [1.29, 1.82) is 0 Å². The maximum atomic E-state index is 12.4. The molecule has 0 unspecified atom stereocenters. The molecule has 4 heteroatoms. The van der Waals surface area contributed by atoms with Crippen molar-refractivity contribution in [3.63, 3.8) is 0 Å². The molecule has 2 heterocycles. The average Bonchev–Trinajstić information content (AvgIpc) is 3.10. The van der Waals surface area contributed by atoms with Gasteiger partial charge in [0.1, 0.15) is 11.2 Å². The number of hydrogen-bond acceptors (Lipinski definition) is 3. The normalized spacial score (nSPS) is 11.6. The fourth-order valence-corrected chi connectivity index (χ4v) is 3.42. The van der Waals surface area contributed by atoms with Gasteiger partial charge in [-0.15, -0.1) is 0 Å². The minimum absolute atomic E-state index is 0.194. The standard InChI is InChI=1S/C24H16N2O2/c27-23(13-10-17-6-3-5-16-7-4-14-25-24(16)17)26-18-11-12-22-20(15-18)19-8-1-2-9-21(19)28-22/h1-15H,(H,26,27)/b13-10+. The van der Waals surface area contributed by atoms with Gasteiger partial charge in [0.15, 0.2) is 0 Å². The highest BCUT2D eigenvalue weighted by atomic mass is 16.3. The number of fused-ring (bicyclic) bond motifs is 4. The molecule has 28 heavy (non-hydrogen) atoms. The number of nitrogens with one attached hydrogen (secondary N) is 1. The van der Waals surface area contributed by atoms with Crippen molar-refractivity contribution < 1.29 is 9.21 Å². The van der Waals surface area contributed by atoms with Crippen LogP contribution in [0, 0.1) is 0 Å². The summed E-state index contributed by atoms with van der Waals surface area (Å²) < 4.78 is 5.82. The largest absolute Gasteiger partial charge is 0.456 e. The number of nitrogens with zero attached hydrogens (tertiary/aromatic N) is 1. The van der Waals surface area contributed by atoms with Crippen LogP contribution < -0.4 is 5.32 Å². The maximum Gasteiger partial charge on any atom is 0.248 e. The molecular formula is C24H16N2O2. The third kappa shape index (κ3) is 2.91. The molecule has 0 fully saturated rings. The molecule has 0 aliphatic carbocycles. The zero-order chi connectivity index (χ0) is 18.9. The van der Waals surface area contributed by atoms with Gasteiger partial charge in [-0.1, -0.05) is 42.5 Å². The van der Waals surface area contributed by atoms with E-state index in [9.17, 15) is 4.79 Å². The molecule has 0 aliphatic heterocycles. The Hall–Kier alpha value is -3.92. The minimum atomic E-state index is -0.194. The molecule has 0 bridgehead atoms. The number of benzene rings is 3. The fourth-order valence-electron chi connectivity index (χ4n) is 3.42. The van der Waals surface area contributed by atoms with Crippen molar-refractivity contribution in [2.75, 3.05) is 5.32 Å².